The molecule has 0 aromatic heterocycles. The zero-order valence-electron chi connectivity index (χ0n) is 22.0. The van der Waals surface area contributed by atoms with Gasteiger partial charge in [0.1, 0.15) is 12.4 Å². The molecular formula is C33H38O3. The summed E-state index contributed by atoms with van der Waals surface area (Å²) in [5.41, 5.74) is 6.65. The van der Waals surface area contributed by atoms with E-state index in [1.54, 1.807) is 0 Å². The minimum atomic E-state index is -0.803. The van der Waals surface area contributed by atoms with Gasteiger partial charge in [-0.1, -0.05) is 101 Å². The molecule has 3 nitrogen and oxygen atoms in total. The van der Waals surface area contributed by atoms with Crippen LogP contribution in [0, 0.1) is 0 Å². The molecule has 0 fully saturated rings. The summed E-state index contributed by atoms with van der Waals surface area (Å²) in [7, 11) is 0. The molecule has 0 bridgehead atoms. The van der Waals surface area contributed by atoms with Gasteiger partial charge in [-0.25, -0.2) is 0 Å². The van der Waals surface area contributed by atoms with Crippen LogP contribution in [0.3, 0.4) is 0 Å². The van der Waals surface area contributed by atoms with Crippen LogP contribution in [0.25, 0.3) is 0 Å². The topological polar surface area (TPSA) is 46.5 Å². The van der Waals surface area contributed by atoms with Gasteiger partial charge in [-0.15, -0.1) is 0 Å². The Morgan fingerprint density at radius 2 is 1.56 bits per heavy atom. The Labute approximate surface area is 215 Å². The molecule has 3 heteroatoms. The number of carbonyl (C=O) groups is 1. The molecule has 188 valence electrons. The van der Waals surface area contributed by atoms with Crippen molar-refractivity contribution in [3.63, 3.8) is 0 Å². The largest absolute Gasteiger partial charge is 0.489 e. The Kier molecular flexibility index (Phi) is 7.68. The Balaban J connectivity index is 1.43. The highest BCUT2D eigenvalue weighted by molar-refractivity contribution is 5.68. The number of ether oxygens (including phenoxy) is 1. The van der Waals surface area contributed by atoms with Crippen LogP contribution >= 0.6 is 0 Å². The second-order valence-corrected chi connectivity index (χ2v) is 11.3. The third-order valence-electron chi connectivity index (χ3n) is 7.59. The van der Waals surface area contributed by atoms with E-state index in [-0.39, 0.29) is 23.2 Å². The van der Waals surface area contributed by atoms with Crippen molar-refractivity contribution < 1.29 is 14.6 Å². The summed E-state index contributed by atoms with van der Waals surface area (Å²) in [5, 5.41) is 9.42. The molecule has 1 N–H and O–H groups in total. The van der Waals surface area contributed by atoms with E-state index in [2.05, 4.69) is 64.1 Å². The molecule has 4 rings (SSSR count). The number of aliphatic carboxylic acids is 1. The van der Waals surface area contributed by atoms with Gasteiger partial charge in [0.15, 0.2) is 0 Å². The number of carboxylic acids is 1. The highest BCUT2D eigenvalue weighted by Crippen LogP contribution is 2.46. The van der Waals surface area contributed by atoms with Crippen molar-refractivity contribution in [3.8, 4) is 5.75 Å². The lowest BCUT2D eigenvalue weighted by Gasteiger charge is -2.42. The van der Waals surface area contributed by atoms with Gasteiger partial charge in [-0.05, 0) is 70.0 Å². The molecule has 3 aromatic rings. The molecule has 1 aliphatic carbocycles. The zero-order chi connectivity index (χ0) is 25.8. The predicted octanol–water partition coefficient (Wildman–Crippen LogP) is 7.97. The number of benzene rings is 3. The smallest absolute Gasteiger partial charge is 0.304 e. The lowest BCUT2D eigenvalue weighted by molar-refractivity contribution is -0.137. The van der Waals surface area contributed by atoms with Crippen LogP contribution in [0.15, 0.2) is 84.9 Å². The molecule has 0 heterocycles. The first kappa shape index (κ1) is 25.8. The quantitative estimate of drug-likeness (QED) is 0.315. The first-order valence-electron chi connectivity index (χ1n) is 12.9. The molecule has 3 aromatic carbocycles. The van der Waals surface area contributed by atoms with E-state index < -0.39 is 5.97 Å². The molecule has 1 unspecified atom stereocenters. The van der Waals surface area contributed by atoms with Crippen LogP contribution in [0.1, 0.15) is 80.7 Å². The summed E-state index contributed by atoms with van der Waals surface area (Å²) in [6.07, 6.45) is 7.31. The number of fused-ring (bicyclic) bond motifs is 1. The third-order valence-corrected chi connectivity index (χ3v) is 7.59. The van der Waals surface area contributed by atoms with Crippen molar-refractivity contribution in [2.24, 2.45) is 0 Å². The van der Waals surface area contributed by atoms with Crippen molar-refractivity contribution in [2.75, 3.05) is 0 Å². The minimum absolute atomic E-state index is 0.0623. The fraction of sp³-hybridized carbons (Fsp3) is 0.364. The van der Waals surface area contributed by atoms with Gasteiger partial charge in [0.05, 0.1) is 6.42 Å². The van der Waals surface area contributed by atoms with E-state index in [1.165, 1.54) is 35.1 Å². The molecule has 1 atom stereocenters. The zero-order valence-corrected chi connectivity index (χ0v) is 22.0. The molecule has 0 amide bonds. The predicted molar refractivity (Wildman–Crippen MR) is 147 cm³/mol. The van der Waals surface area contributed by atoms with Gasteiger partial charge < -0.3 is 9.84 Å². The van der Waals surface area contributed by atoms with Crippen molar-refractivity contribution in [1.29, 1.82) is 0 Å². The van der Waals surface area contributed by atoms with E-state index in [4.69, 9.17) is 4.74 Å². The van der Waals surface area contributed by atoms with Crippen LogP contribution in [0.5, 0.6) is 5.75 Å². The fourth-order valence-electron chi connectivity index (χ4n) is 5.17. The Morgan fingerprint density at radius 1 is 0.889 bits per heavy atom. The Hall–Kier alpha value is -3.33. The molecule has 1 aliphatic rings. The summed E-state index contributed by atoms with van der Waals surface area (Å²) >= 11 is 0. The van der Waals surface area contributed by atoms with Crippen LogP contribution in [0.4, 0.5) is 0 Å². The maximum atomic E-state index is 11.5. The number of rotatable bonds is 9. The lowest BCUT2D eigenvalue weighted by Crippen LogP contribution is -2.33. The van der Waals surface area contributed by atoms with E-state index in [1.807, 2.05) is 48.5 Å². The van der Waals surface area contributed by atoms with Gasteiger partial charge in [0, 0.05) is 5.92 Å². The number of allylic oxidation sites excluding steroid dienone is 2. The lowest BCUT2D eigenvalue weighted by atomic mass is 9.63. The maximum Gasteiger partial charge on any atom is 0.304 e. The monoisotopic (exact) mass is 482 g/mol. The SMILES string of the molecule is CC1(C)CCC(C)(C)c2cc(COc3ccc(C(/C=C/Cc4ccccc4)CC(=O)O)cc3)ccc21. The number of carboxylic acid groups (broad SMARTS) is 1. The van der Waals surface area contributed by atoms with Crippen molar-refractivity contribution in [3.05, 3.63) is 113 Å². The van der Waals surface area contributed by atoms with Crippen molar-refractivity contribution >= 4 is 5.97 Å². The molecule has 0 saturated carbocycles. The highest BCUT2D eigenvalue weighted by Gasteiger charge is 2.36. The summed E-state index contributed by atoms with van der Waals surface area (Å²) in [5.74, 6) is -0.187. The van der Waals surface area contributed by atoms with Gasteiger partial charge >= 0.3 is 5.97 Å². The normalized spacial score (nSPS) is 16.9. The van der Waals surface area contributed by atoms with Crippen LogP contribution in [-0.4, -0.2) is 11.1 Å². The fourth-order valence-corrected chi connectivity index (χ4v) is 5.17. The van der Waals surface area contributed by atoms with Gasteiger partial charge in [-0.2, -0.15) is 0 Å². The molecule has 0 aliphatic heterocycles. The second kappa shape index (κ2) is 10.7. The summed E-state index contributed by atoms with van der Waals surface area (Å²) in [4.78, 5) is 11.5. The highest BCUT2D eigenvalue weighted by atomic mass is 16.5. The summed E-state index contributed by atoms with van der Waals surface area (Å²) in [6, 6.07) is 24.8. The van der Waals surface area contributed by atoms with Gasteiger partial charge in [-0.3, -0.25) is 4.79 Å². The molecule has 0 saturated heterocycles. The maximum absolute atomic E-state index is 11.5. The van der Waals surface area contributed by atoms with Crippen molar-refractivity contribution in [2.45, 2.75) is 76.7 Å². The van der Waals surface area contributed by atoms with E-state index in [0.717, 1.165) is 17.7 Å². The molecular weight excluding hydrogens is 444 g/mol. The van der Waals surface area contributed by atoms with E-state index in [0.29, 0.717) is 6.61 Å². The Bertz CT molecular complexity index is 1200. The van der Waals surface area contributed by atoms with Gasteiger partial charge in [0.2, 0.25) is 0 Å². The van der Waals surface area contributed by atoms with Crippen LogP contribution in [0.2, 0.25) is 0 Å². The molecule has 0 radical (unpaired) electrons. The van der Waals surface area contributed by atoms with E-state index >= 15 is 0 Å². The average molecular weight is 483 g/mol. The second-order valence-electron chi connectivity index (χ2n) is 11.3. The third kappa shape index (κ3) is 6.26. The van der Waals surface area contributed by atoms with Crippen molar-refractivity contribution in [1.82, 2.24) is 0 Å². The van der Waals surface area contributed by atoms with Gasteiger partial charge in [0.25, 0.3) is 0 Å². The van der Waals surface area contributed by atoms with Crippen LogP contribution < -0.4 is 4.74 Å². The summed E-state index contributed by atoms with van der Waals surface area (Å²) < 4.78 is 6.12. The van der Waals surface area contributed by atoms with E-state index in [9.17, 15) is 9.90 Å². The molecule has 36 heavy (non-hydrogen) atoms. The number of hydrogen-bond acceptors (Lipinski definition) is 2. The standard InChI is InChI=1S/C33H38O3/c1-32(2)19-20-33(3,4)30-21-25(13-18-29(30)32)23-36-28-16-14-26(15-17-28)27(22-31(34)35)12-8-11-24-9-6-5-7-10-24/h5-10,12-18,21,27H,11,19-20,22-23H2,1-4H3,(H,34,35)/b12-8+. The first-order chi connectivity index (χ1) is 17.1. The minimum Gasteiger partial charge on any atom is -0.489 e. The number of hydrogen-bond donors (Lipinski definition) is 1. The molecule has 0 spiro atoms. The average Bonchev–Trinajstić information content (AvgIpc) is 2.86. The summed E-state index contributed by atoms with van der Waals surface area (Å²) in [6.45, 7) is 9.87. The Morgan fingerprint density at radius 3 is 2.22 bits per heavy atom. The van der Waals surface area contributed by atoms with Crippen LogP contribution in [-0.2, 0) is 28.7 Å². The first-order valence-corrected chi connectivity index (χ1v) is 12.9.